The van der Waals surface area contributed by atoms with E-state index >= 15 is 0 Å². The molecule has 1 saturated carbocycles. The summed E-state index contributed by atoms with van der Waals surface area (Å²) in [4.78, 5) is 12.1. The molecule has 0 aromatic heterocycles. The van der Waals surface area contributed by atoms with Crippen molar-refractivity contribution < 1.29 is 22.5 Å². The average Bonchev–Trinajstić information content (AvgIpc) is 3.04. The topological polar surface area (TPSA) is 54.0 Å². The molecule has 0 aromatic rings. The highest BCUT2D eigenvalue weighted by Gasteiger charge is 2.45. The van der Waals surface area contributed by atoms with Gasteiger partial charge in [0.25, 0.3) is 5.97 Å². The third-order valence-corrected chi connectivity index (χ3v) is 10.6. The third-order valence-electron chi connectivity index (χ3n) is 6.77. The predicted octanol–water partition coefficient (Wildman–Crippen LogP) is 9.91. The van der Waals surface area contributed by atoms with Crippen LogP contribution in [0.25, 0.3) is 0 Å². The van der Waals surface area contributed by atoms with E-state index in [0.29, 0.717) is 18.3 Å². The zero-order valence-corrected chi connectivity index (χ0v) is 33.1. The standard InChI is InChI=1S/C32H66O5Si4/c1-14-15-18-21-27(34-38(2,3)4)24-25-29-28(22-19-16-17-20-23-32(33)37-41(11,12)13)30(35-39(5,6)7)26-31(29)36-40(8,9)10/h16,19,24-25,27-31H,14-15,17-18,20-23,26H2,1-13H3/b19-16+,25-24+/t27-,28+,29+,30+,31+/m0/s1. The van der Waals surface area contributed by atoms with Crippen molar-refractivity contribution in [3.8, 4) is 0 Å². The highest BCUT2D eigenvalue weighted by Crippen LogP contribution is 2.42. The van der Waals surface area contributed by atoms with Crippen LogP contribution in [0.5, 0.6) is 0 Å². The number of carbonyl (C=O) groups excluding carboxylic acids is 1. The van der Waals surface area contributed by atoms with Gasteiger partial charge >= 0.3 is 0 Å². The van der Waals surface area contributed by atoms with Gasteiger partial charge in [-0.2, -0.15) is 0 Å². The minimum absolute atomic E-state index is 0.0532. The Balaban J connectivity index is 3.13. The van der Waals surface area contributed by atoms with Gasteiger partial charge in [-0.1, -0.05) is 50.5 Å². The number of rotatable bonds is 19. The average molecular weight is 643 g/mol. The maximum Gasteiger partial charge on any atom is 0.292 e. The lowest BCUT2D eigenvalue weighted by molar-refractivity contribution is -0.135. The second kappa shape index (κ2) is 17.3. The molecular weight excluding hydrogens is 577 g/mol. The highest BCUT2D eigenvalue weighted by atomic mass is 28.4. The summed E-state index contributed by atoms with van der Waals surface area (Å²) in [6.45, 7) is 29.1. The van der Waals surface area contributed by atoms with Crippen LogP contribution in [-0.4, -0.2) is 57.6 Å². The summed E-state index contributed by atoms with van der Waals surface area (Å²) < 4.78 is 25.9. The molecule has 0 heterocycles. The molecule has 0 saturated heterocycles. The van der Waals surface area contributed by atoms with E-state index < -0.39 is 33.3 Å². The van der Waals surface area contributed by atoms with Crippen LogP contribution in [0.1, 0.15) is 64.7 Å². The molecule has 0 spiro atoms. The Labute approximate surface area is 258 Å². The zero-order valence-electron chi connectivity index (χ0n) is 29.1. The molecule has 5 atom stereocenters. The molecule has 1 aliphatic carbocycles. The first-order valence-electron chi connectivity index (χ1n) is 16.3. The Bertz CT molecular complexity index is 818. The molecule has 41 heavy (non-hydrogen) atoms. The van der Waals surface area contributed by atoms with Crippen molar-refractivity contribution in [1.82, 2.24) is 0 Å². The molecule has 0 N–H and O–H groups in total. The van der Waals surface area contributed by atoms with Gasteiger partial charge in [-0.15, -0.1) is 0 Å². The molecule has 240 valence electrons. The molecular formula is C32H66O5Si4. The van der Waals surface area contributed by atoms with Crippen LogP contribution >= 0.6 is 0 Å². The molecule has 0 amide bonds. The molecule has 0 aromatic carbocycles. The smallest absolute Gasteiger partial charge is 0.292 e. The summed E-state index contributed by atoms with van der Waals surface area (Å²) in [5.41, 5.74) is 0. The van der Waals surface area contributed by atoms with Gasteiger partial charge in [-0.25, -0.2) is 0 Å². The van der Waals surface area contributed by atoms with E-state index in [1.54, 1.807) is 0 Å². The van der Waals surface area contributed by atoms with Crippen molar-refractivity contribution >= 4 is 39.2 Å². The third kappa shape index (κ3) is 18.9. The Kier molecular flexibility index (Phi) is 16.3. The van der Waals surface area contributed by atoms with Crippen LogP contribution in [0.15, 0.2) is 24.3 Å². The largest absolute Gasteiger partial charge is 0.520 e. The van der Waals surface area contributed by atoms with E-state index in [-0.39, 0.29) is 24.3 Å². The maximum absolute atomic E-state index is 12.1. The fourth-order valence-corrected chi connectivity index (χ4v) is 9.69. The SMILES string of the molecule is CCCCC[C@@H](/C=C/[C@@H]1[C@@H](C/C=C/CCCC(=O)O[Si](C)(C)C)[C@H](O[Si](C)(C)C)C[C@H]1O[Si](C)(C)C)O[Si](C)(C)C. The quantitative estimate of drug-likeness (QED) is 0.0797. The molecule has 0 unspecified atom stereocenters. The van der Waals surface area contributed by atoms with Gasteiger partial charge in [-0.3, -0.25) is 4.79 Å². The van der Waals surface area contributed by atoms with Gasteiger partial charge in [0.2, 0.25) is 8.32 Å². The summed E-state index contributed by atoms with van der Waals surface area (Å²) in [5.74, 6) is 0.622. The minimum Gasteiger partial charge on any atom is -0.520 e. The zero-order chi connectivity index (χ0) is 31.5. The van der Waals surface area contributed by atoms with Gasteiger partial charge in [0.15, 0.2) is 25.0 Å². The Morgan fingerprint density at radius 3 is 1.93 bits per heavy atom. The van der Waals surface area contributed by atoms with Crippen molar-refractivity contribution in [3.63, 3.8) is 0 Å². The fourth-order valence-electron chi connectivity index (χ4n) is 5.45. The van der Waals surface area contributed by atoms with E-state index in [2.05, 4.69) is 110 Å². The van der Waals surface area contributed by atoms with Crippen molar-refractivity contribution in [1.29, 1.82) is 0 Å². The van der Waals surface area contributed by atoms with Crippen molar-refractivity contribution in [2.24, 2.45) is 11.8 Å². The number of unbranched alkanes of at least 4 members (excludes halogenated alkanes) is 3. The second-order valence-corrected chi connectivity index (χ2v) is 33.7. The minimum atomic E-state index is -1.81. The number of hydrogen-bond acceptors (Lipinski definition) is 5. The van der Waals surface area contributed by atoms with E-state index in [1.807, 2.05) is 0 Å². The van der Waals surface area contributed by atoms with E-state index in [4.69, 9.17) is 17.7 Å². The van der Waals surface area contributed by atoms with Crippen LogP contribution in [0.4, 0.5) is 0 Å². The van der Waals surface area contributed by atoms with Crippen LogP contribution < -0.4 is 0 Å². The molecule has 0 aliphatic heterocycles. The Morgan fingerprint density at radius 2 is 1.39 bits per heavy atom. The van der Waals surface area contributed by atoms with Crippen LogP contribution in [0.2, 0.25) is 78.6 Å². The lowest BCUT2D eigenvalue weighted by Gasteiger charge is -2.30. The summed E-state index contributed by atoms with van der Waals surface area (Å²) in [6.07, 6.45) is 18.8. The number of hydrogen-bond donors (Lipinski definition) is 0. The first-order chi connectivity index (χ1) is 18.7. The van der Waals surface area contributed by atoms with Gasteiger partial charge in [0.05, 0.1) is 18.3 Å². The van der Waals surface area contributed by atoms with Crippen LogP contribution in [0.3, 0.4) is 0 Å². The molecule has 0 radical (unpaired) electrons. The van der Waals surface area contributed by atoms with Crippen molar-refractivity contribution in [2.45, 2.75) is 162 Å². The summed E-state index contributed by atoms with van der Waals surface area (Å²) in [6, 6.07) is 0. The van der Waals surface area contributed by atoms with E-state index in [1.165, 1.54) is 19.3 Å². The monoisotopic (exact) mass is 642 g/mol. The van der Waals surface area contributed by atoms with Crippen LogP contribution in [-0.2, 0) is 22.5 Å². The maximum atomic E-state index is 12.1. The molecule has 0 bridgehead atoms. The van der Waals surface area contributed by atoms with Gasteiger partial charge < -0.3 is 17.7 Å². The molecule has 1 fully saturated rings. The second-order valence-electron chi connectivity index (χ2n) is 15.8. The van der Waals surface area contributed by atoms with Crippen molar-refractivity contribution in [3.05, 3.63) is 24.3 Å². The fraction of sp³-hybridized carbons (Fsp3) is 0.844. The van der Waals surface area contributed by atoms with Gasteiger partial charge in [-0.05, 0) is 117 Å². The van der Waals surface area contributed by atoms with Crippen LogP contribution in [0, 0.1) is 11.8 Å². The normalized spacial score (nSPS) is 23.5. The lowest BCUT2D eigenvalue weighted by atomic mass is 9.89. The number of carbonyl (C=O) groups is 1. The predicted molar refractivity (Wildman–Crippen MR) is 187 cm³/mol. The first-order valence-corrected chi connectivity index (χ1v) is 29.9. The summed E-state index contributed by atoms with van der Waals surface area (Å²) >= 11 is 0. The van der Waals surface area contributed by atoms with E-state index in [9.17, 15) is 4.79 Å². The van der Waals surface area contributed by atoms with Gasteiger partial charge in [0.1, 0.15) is 0 Å². The summed E-state index contributed by atoms with van der Waals surface area (Å²) in [5, 5.41) is 0. The highest BCUT2D eigenvalue weighted by molar-refractivity contribution is 6.71. The molecule has 1 rings (SSSR count). The number of allylic oxidation sites excluding steroid dienone is 2. The van der Waals surface area contributed by atoms with Gasteiger partial charge in [0, 0.05) is 12.3 Å². The van der Waals surface area contributed by atoms with E-state index in [0.717, 1.165) is 32.1 Å². The summed E-state index contributed by atoms with van der Waals surface area (Å²) in [7, 11) is -6.95. The lowest BCUT2D eigenvalue weighted by Crippen LogP contribution is -2.35. The van der Waals surface area contributed by atoms with Crippen molar-refractivity contribution in [2.75, 3.05) is 0 Å². The molecule has 9 heteroatoms. The Morgan fingerprint density at radius 1 is 0.780 bits per heavy atom. The Hall–Kier alpha value is -0.302. The molecule has 5 nitrogen and oxygen atoms in total. The molecule has 1 aliphatic rings. The first kappa shape index (κ1) is 38.7.